The third kappa shape index (κ3) is 3.68. The van der Waals surface area contributed by atoms with Crippen molar-refractivity contribution in [3.8, 4) is 0 Å². The summed E-state index contributed by atoms with van der Waals surface area (Å²) in [5, 5.41) is 6.50. The highest BCUT2D eigenvalue weighted by molar-refractivity contribution is 5.57. The zero-order valence-corrected chi connectivity index (χ0v) is 13.4. The smallest absolute Gasteiger partial charge is 0.135 e. The van der Waals surface area contributed by atoms with Crippen LogP contribution in [0.3, 0.4) is 0 Å². The van der Waals surface area contributed by atoms with Gasteiger partial charge in [-0.2, -0.15) is 0 Å². The lowest BCUT2D eigenvalue weighted by Gasteiger charge is -2.15. The van der Waals surface area contributed by atoms with E-state index in [0.29, 0.717) is 6.54 Å². The SMILES string of the molecule is CNc1nc(C(C)C)nc(NCc2cccc(C)n2)c1C. The van der Waals surface area contributed by atoms with Gasteiger partial charge in [-0.15, -0.1) is 0 Å². The Kier molecular flexibility index (Phi) is 4.73. The summed E-state index contributed by atoms with van der Waals surface area (Å²) in [6.07, 6.45) is 0. The average Bonchev–Trinajstić information content (AvgIpc) is 2.46. The highest BCUT2D eigenvalue weighted by Crippen LogP contribution is 2.23. The number of pyridine rings is 1. The summed E-state index contributed by atoms with van der Waals surface area (Å²) in [5.41, 5.74) is 3.05. The van der Waals surface area contributed by atoms with Gasteiger partial charge in [0.1, 0.15) is 17.5 Å². The molecule has 2 N–H and O–H groups in total. The summed E-state index contributed by atoms with van der Waals surface area (Å²) in [6, 6.07) is 6.03. The molecule has 0 aliphatic carbocycles. The molecule has 0 bridgehead atoms. The molecular formula is C16H23N5. The van der Waals surface area contributed by atoms with Crippen LogP contribution in [0, 0.1) is 13.8 Å². The van der Waals surface area contributed by atoms with E-state index in [1.54, 1.807) is 0 Å². The lowest BCUT2D eigenvalue weighted by molar-refractivity contribution is 0.772. The molecule has 0 amide bonds. The van der Waals surface area contributed by atoms with Crippen LogP contribution in [0.1, 0.15) is 42.5 Å². The Bertz CT molecular complexity index is 622. The van der Waals surface area contributed by atoms with E-state index in [1.807, 2.05) is 39.1 Å². The van der Waals surface area contributed by atoms with E-state index in [2.05, 4.69) is 39.4 Å². The maximum Gasteiger partial charge on any atom is 0.135 e. The molecular weight excluding hydrogens is 262 g/mol. The van der Waals surface area contributed by atoms with Crippen LogP contribution in [0.5, 0.6) is 0 Å². The molecule has 0 saturated heterocycles. The van der Waals surface area contributed by atoms with Crippen molar-refractivity contribution >= 4 is 11.6 Å². The number of hydrogen-bond donors (Lipinski definition) is 2. The number of aryl methyl sites for hydroxylation is 1. The Morgan fingerprint density at radius 3 is 2.38 bits per heavy atom. The van der Waals surface area contributed by atoms with Gasteiger partial charge in [0, 0.05) is 24.2 Å². The monoisotopic (exact) mass is 285 g/mol. The molecule has 0 spiro atoms. The van der Waals surface area contributed by atoms with E-state index in [4.69, 9.17) is 0 Å². The summed E-state index contributed by atoms with van der Waals surface area (Å²) in [6.45, 7) is 8.85. The summed E-state index contributed by atoms with van der Waals surface area (Å²) in [7, 11) is 1.88. The first kappa shape index (κ1) is 15.2. The molecule has 112 valence electrons. The van der Waals surface area contributed by atoms with Crippen LogP contribution in [0.4, 0.5) is 11.6 Å². The Morgan fingerprint density at radius 1 is 1.05 bits per heavy atom. The van der Waals surface area contributed by atoms with Gasteiger partial charge >= 0.3 is 0 Å². The van der Waals surface area contributed by atoms with Crippen molar-refractivity contribution in [2.24, 2.45) is 0 Å². The molecule has 5 nitrogen and oxygen atoms in total. The second kappa shape index (κ2) is 6.52. The second-order valence-corrected chi connectivity index (χ2v) is 5.43. The maximum absolute atomic E-state index is 4.63. The van der Waals surface area contributed by atoms with Crippen molar-refractivity contribution < 1.29 is 0 Å². The Hall–Kier alpha value is -2.17. The molecule has 0 saturated carbocycles. The normalized spacial score (nSPS) is 10.8. The number of rotatable bonds is 5. The van der Waals surface area contributed by atoms with Crippen LogP contribution >= 0.6 is 0 Å². The van der Waals surface area contributed by atoms with Crippen molar-refractivity contribution in [2.45, 2.75) is 40.2 Å². The third-order valence-corrected chi connectivity index (χ3v) is 3.30. The molecule has 0 aromatic carbocycles. The molecule has 5 heteroatoms. The van der Waals surface area contributed by atoms with Crippen LogP contribution in [0.2, 0.25) is 0 Å². The van der Waals surface area contributed by atoms with Gasteiger partial charge in [0.2, 0.25) is 0 Å². The summed E-state index contributed by atoms with van der Waals surface area (Å²) in [4.78, 5) is 13.7. The predicted molar refractivity (Wildman–Crippen MR) is 86.7 cm³/mol. The molecule has 0 radical (unpaired) electrons. The molecule has 2 heterocycles. The fraction of sp³-hybridized carbons (Fsp3) is 0.438. The van der Waals surface area contributed by atoms with Crippen molar-refractivity contribution in [1.82, 2.24) is 15.0 Å². The van der Waals surface area contributed by atoms with Gasteiger partial charge in [-0.05, 0) is 26.0 Å². The largest absolute Gasteiger partial charge is 0.373 e. The molecule has 0 unspecified atom stereocenters. The lowest BCUT2D eigenvalue weighted by Crippen LogP contribution is -2.11. The number of nitrogens with zero attached hydrogens (tertiary/aromatic N) is 3. The lowest BCUT2D eigenvalue weighted by atomic mass is 10.2. The van der Waals surface area contributed by atoms with Gasteiger partial charge in [-0.1, -0.05) is 19.9 Å². The van der Waals surface area contributed by atoms with Crippen LogP contribution in [0.15, 0.2) is 18.2 Å². The highest BCUT2D eigenvalue weighted by Gasteiger charge is 2.12. The summed E-state index contributed by atoms with van der Waals surface area (Å²) in [5.74, 6) is 2.86. The summed E-state index contributed by atoms with van der Waals surface area (Å²) >= 11 is 0. The van der Waals surface area contributed by atoms with Gasteiger partial charge < -0.3 is 10.6 Å². The van der Waals surface area contributed by atoms with Crippen LogP contribution in [-0.4, -0.2) is 22.0 Å². The van der Waals surface area contributed by atoms with Gasteiger partial charge in [-0.25, -0.2) is 9.97 Å². The molecule has 2 aromatic heterocycles. The Balaban J connectivity index is 2.24. The van der Waals surface area contributed by atoms with E-state index >= 15 is 0 Å². The maximum atomic E-state index is 4.63. The van der Waals surface area contributed by atoms with E-state index < -0.39 is 0 Å². The number of nitrogens with one attached hydrogen (secondary N) is 2. The molecule has 0 aliphatic heterocycles. The minimum absolute atomic E-state index is 0.287. The van der Waals surface area contributed by atoms with E-state index in [-0.39, 0.29) is 5.92 Å². The molecule has 0 atom stereocenters. The van der Waals surface area contributed by atoms with Crippen LogP contribution < -0.4 is 10.6 Å². The Morgan fingerprint density at radius 2 is 1.76 bits per heavy atom. The standard InChI is InChI=1S/C16H23N5/c1-10(2)14-20-15(17-5)12(4)16(21-14)18-9-13-8-6-7-11(3)19-13/h6-8,10H,9H2,1-5H3,(H2,17,18,20,21). The highest BCUT2D eigenvalue weighted by atomic mass is 15.1. The molecule has 2 aromatic rings. The van der Waals surface area contributed by atoms with Gasteiger partial charge in [0.15, 0.2) is 0 Å². The van der Waals surface area contributed by atoms with Crippen LogP contribution in [-0.2, 0) is 6.54 Å². The minimum atomic E-state index is 0.287. The van der Waals surface area contributed by atoms with E-state index in [1.165, 1.54) is 0 Å². The first-order valence-corrected chi connectivity index (χ1v) is 7.24. The molecule has 2 rings (SSSR count). The summed E-state index contributed by atoms with van der Waals surface area (Å²) < 4.78 is 0. The van der Waals surface area contributed by atoms with E-state index in [0.717, 1.165) is 34.4 Å². The predicted octanol–water partition coefficient (Wildman–Crippen LogP) is 3.27. The van der Waals surface area contributed by atoms with Crippen molar-refractivity contribution in [3.63, 3.8) is 0 Å². The van der Waals surface area contributed by atoms with Gasteiger partial charge in [0.25, 0.3) is 0 Å². The fourth-order valence-corrected chi connectivity index (χ4v) is 2.08. The number of aromatic nitrogens is 3. The average molecular weight is 285 g/mol. The third-order valence-electron chi connectivity index (χ3n) is 3.30. The van der Waals surface area contributed by atoms with Crippen molar-refractivity contribution in [2.75, 3.05) is 17.7 Å². The van der Waals surface area contributed by atoms with E-state index in [9.17, 15) is 0 Å². The second-order valence-electron chi connectivity index (χ2n) is 5.43. The topological polar surface area (TPSA) is 62.7 Å². The van der Waals surface area contributed by atoms with Gasteiger partial charge in [-0.3, -0.25) is 4.98 Å². The van der Waals surface area contributed by atoms with Crippen molar-refractivity contribution in [1.29, 1.82) is 0 Å². The molecule has 0 fully saturated rings. The Labute approximate surface area is 126 Å². The number of anilines is 2. The quantitative estimate of drug-likeness (QED) is 0.883. The number of hydrogen-bond acceptors (Lipinski definition) is 5. The van der Waals surface area contributed by atoms with Crippen molar-refractivity contribution in [3.05, 3.63) is 41.0 Å². The first-order valence-electron chi connectivity index (χ1n) is 7.24. The van der Waals surface area contributed by atoms with Gasteiger partial charge in [0.05, 0.1) is 12.2 Å². The minimum Gasteiger partial charge on any atom is -0.373 e. The first-order chi connectivity index (χ1) is 10.0. The fourth-order valence-electron chi connectivity index (χ4n) is 2.08. The molecule has 21 heavy (non-hydrogen) atoms. The molecule has 0 aliphatic rings. The zero-order chi connectivity index (χ0) is 15.4. The zero-order valence-electron chi connectivity index (χ0n) is 13.4. The van der Waals surface area contributed by atoms with Crippen LogP contribution in [0.25, 0.3) is 0 Å².